The van der Waals surface area contributed by atoms with Crippen molar-refractivity contribution in [1.29, 1.82) is 0 Å². The highest BCUT2D eigenvalue weighted by molar-refractivity contribution is 6.00. The maximum Gasteiger partial charge on any atom is 0.407 e. The first kappa shape index (κ1) is 117. The third kappa shape index (κ3) is 39.5. The van der Waals surface area contributed by atoms with Crippen LogP contribution in [0.4, 0.5) is 4.79 Å². The monoisotopic (exact) mass is 1940 g/mol. The second-order valence-corrected chi connectivity index (χ2v) is 39.4. The lowest BCUT2D eigenvalue weighted by molar-refractivity contribution is -0.142. The van der Waals surface area contributed by atoms with E-state index in [1.807, 2.05) is 0 Å². The van der Waals surface area contributed by atoms with Gasteiger partial charge in [-0.1, -0.05) is 134 Å². The summed E-state index contributed by atoms with van der Waals surface area (Å²) in [6.07, 6.45) is 12.9. The summed E-state index contributed by atoms with van der Waals surface area (Å²) < 4.78 is 22.8. The van der Waals surface area contributed by atoms with E-state index in [0.29, 0.717) is 77.0 Å². The molecule has 137 heavy (non-hydrogen) atoms. The highest BCUT2D eigenvalue weighted by Gasteiger charge is 2.60. The SMILES string of the molecule is CC[C@H](C)[C@H](NC(=O)CNC(=O)[C@H](CC(=O)O)NC(=O)[C@@H](NC(=O)[C@H](CCC(=O)O)NC(=O)[C@H](C)NC(=O)[C@H](CC(C)C)NC(=O)[C@@H]1CCCN1C(=O)CNC(=O)CNC(=O)CNCCOCCOCCOCCNCCNC(=O)O[C@H]1CC[C@@]2(C)C(=CC[C@H]3[C@@H]4CC[C@H]([C@H](C)CCCC(C)C)[C@@]4(C)CC[C@@H]32)C1)[C@@H](C)CC)C(=O)N[C@@H](CCC(=O)O)C(=O)N[C@@H](CC(C)C)C(=O)N[C@@H](C)C(=O)O. The molecule has 3 saturated carbocycles. The van der Waals surface area contributed by atoms with Crippen molar-refractivity contribution in [3.63, 3.8) is 0 Å². The van der Waals surface area contributed by atoms with E-state index in [-0.39, 0.29) is 81.2 Å². The highest BCUT2D eigenvalue weighted by atomic mass is 16.6. The predicted molar refractivity (Wildman–Crippen MR) is 503 cm³/mol. The molecule has 0 aromatic heterocycles. The fraction of sp³-hybridized carbons (Fsp3) is 0.789. The van der Waals surface area contributed by atoms with Gasteiger partial charge >= 0.3 is 30.0 Å². The zero-order valence-electron chi connectivity index (χ0n) is 83.1. The second-order valence-electron chi connectivity index (χ2n) is 39.4. The summed E-state index contributed by atoms with van der Waals surface area (Å²) in [6.45, 7) is 30.1. The van der Waals surface area contributed by atoms with Gasteiger partial charge in [0.15, 0.2) is 0 Å². The first-order valence-corrected chi connectivity index (χ1v) is 49.2. The number of aliphatic carboxylic acids is 4. The van der Waals surface area contributed by atoms with E-state index in [4.69, 9.17) is 18.9 Å². The summed E-state index contributed by atoms with van der Waals surface area (Å²) in [7, 11) is 0. The van der Waals surface area contributed by atoms with E-state index in [2.05, 4.69) is 120 Å². The number of carbonyl (C=O) groups is 18. The molecule has 1 aliphatic heterocycles. The molecule has 4 aliphatic carbocycles. The van der Waals surface area contributed by atoms with Crippen molar-refractivity contribution in [2.45, 2.75) is 312 Å². The lowest BCUT2D eigenvalue weighted by atomic mass is 9.47. The molecule has 1 saturated heterocycles. The van der Waals surface area contributed by atoms with Gasteiger partial charge in [-0.2, -0.15) is 0 Å². The number of hydrogen-bond donors (Lipinski definition) is 19. The summed E-state index contributed by atoms with van der Waals surface area (Å²) in [6, 6.07) is -14.9. The average Bonchev–Trinajstić information content (AvgIpc) is 1.64. The smallest absolute Gasteiger partial charge is 0.407 e. The minimum absolute atomic E-state index is 0.00306. The molecule has 0 spiro atoms. The van der Waals surface area contributed by atoms with Crippen molar-refractivity contribution >= 4 is 107 Å². The van der Waals surface area contributed by atoms with Crippen LogP contribution in [-0.4, -0.2) is 297 Å². The number of hydrogen-bond acceptors (Lipinski definition) is 24. The van der Waals surface area contributed by atoms with Crippen LogP contribution < -0.4 is 79.8 Å². The minimum Gasteiger partial charge on any atom is -0.481 e. The number of fused-ring (bicyclic) bond motifs is 5. The molecule has 20 atom stereocenters. The maximum atomic E-state index is 14.2. The molecule has 776 valence electrons. The molecule has 0 unspecified atom stereocenters. The molecular weight excluding hydrogens is 1780 g/mol. The Kier molecular flexibility index (Phi) is 50.8. The molecule has 5 aliphatic rings. The number of carboxylic acid groups (broad SMARTS) is 4. The zero-order chi connectivity index (χ0) is 102. The van der Waals surface area contributed by atoms with Crippen LogP contribution in [-0.2, 0) is 100 Å². The molecule has 1 heterocycles. The summed E-state index contributed by atoms with van der Waals surface area (Å²) in [5, 5.41) is 76.5. The molecule has 0 radical (unpaired) electrons. The molecule has 5 rings (SSSR count). The van der Waals surface area contributed by atoms with Crippen LogP contribution in [0.25, 0.3) is 0 Å². The Morgan fingerprint density at radius 3 is 1.55 bits per heavy atom. The second kappa shape index (κ2) is 59.3. The van der Waals surface area contributed by atoms with Gasteiger partial charge in [0.05, 0.1) is 72.2 Å². The number of carboxylic acids is 4. The molecule has 0 bridgehead atoms. The zero-order valence-corrected chi connectivity index (χ0v) is 83.1. The van der Waals surface area contributed by atoms with Crippen molar-refractivity contribution in [3.8, 4) is 0 Å². The number of nitrogens with one attached hydrogen (secondary N) is 15. The van der Waals surface area contributed by atoms with Gasteiger partial charge in [-0.05, 0) is 167 Å². The number of alkyl carbamates (subject to hydrolysis) is 1. The number of amides is 14. The fourth-order valence-corrected chi connectivity index (χ4v) is 19.4. The van der Waals surface area contributed by atoms with Crippen molar-refractivity contribution < 1.29 is 126 Å². The van der Waals surface area contributed by atoms with E-state index in [1.165, 1.54) is 76.2 Å². The normalized spacial score (nSPS) is 22.0. The van der Waals surface area contributed by atoms with Gasteiger partial charge in [0.1, 0.15) is 66.5 Å². The molecule has 0 aromatic carbocycles. The van der Waals surface area contributed by atoms with Crippen molar-refractivity contribution in [3.05, 3.63) is 11.6 Å². The molecule has 19 N–H and O–H groups in total. The summed E-state index contributed by atoms with van der Waals surface area (Å²) in [5.41, 5.74) is 2.16. The topological polar surface area (TPSA) is 609 Å². The Labute approximate surface area is 805 Å². The van der Waals surface area contributed by atoms with Crippen molar-refractivity contribution in [1.82, 2.24) is 84.7 Å². The average molecular weight is 1940 g/mol. The third-order valence-electron chi connectivity index (χ3n) is 27.5. The quantitative estimate of drug-likeness (QED) is 0.0307. The van der Waals surface area contributed by atoms with E-state index in [9.17, 15) is 107 Å². The summed E-state index contributed by atoms with van der Waals surface area (Å²) >= 11 is 0. The van der Waals surface area contributed by atoms with Gasteiger partial charge in [0.25, 0.3) is 0 Å². The number of likely N-dealkylation sites (tertiary alicyclic amines) is 1. The van der Waals surface area contributed by atoms with Gasteiger partial charge in [0, 0.05) is 52.0 Å². The predicted octanol–water partition coefficient (Wildman–Crippen LogP) is 2.57. The van der Waals surface area contributed by atoms with E-state index < -0.39 is 225 Å². The highest BCUT2D eigenvalue weighted by Crippen LogP contribution is 2.67. The number of carbonyl (C=O) groups excluding carboxylic acids is 14. The maximum absolute atomic E-state index is 14.2. The van der Waals surface area contributed by atoms with Crippen LogP contribution in [0.15, 0.2) is 11.6 Å². The van der Waals surface area contributed by atoms with Crippen LogP contribution in [0.5, 0.6) is 0 Å². The largest absolute Gasteiger partial charge is 0.481 e. The van der Waals surface area contributed by atoms with Crippen LogP contribution in [0, 0.1) is 70.0 Å². The van der Waals surface area contributed by atoms with Gasteiger partial charge in [0.2, 0.25) is 76.8 Å². The Hall–Kier alpha value is -10.2. The number of rotatable bonds is 64. The van der Waals surface area contributed by atoms with E-state index in [1.54, 1.807) is 48.5 Å². The van der Waals surface area contributed by atoms with E-state index >= 15 is 0 Å². The molecular formula is C95H160N16O26. The van der Waals surface area contributed by atoms with Crippen molar-refractivity contribution in [2.24, 2.45) is 70.0 Å². The summed E-state index contributed by atoms with van der Waals surface area (Å²) in [4.78, 5) is 239. The first-order chi connectivity index (χ1) is 64.7. The van der Waals surface area contributed by atoms with Crippen molar-refractivity contribution in [2.75, 3.05) is 98.5 Å². The molecule has 14 amide bonds. The number of allylic oxidation sites excluding steroid dienone is 1. The Morgan fingerprint density at radius 1 is 0.453 bits per heavy atom. The molecule has 42 nitrogen and oxygen atoms in total. The van der Waals surface area contributed by atoms with Crippen LogP contribution in [0.1, 0.15) is 245 Å². The summed E-state index contributed by atoms with van der Waals surface area (Å²) in [5.74, 6) is -14.9. The fourth-order valence-electron chi connectivity index (χ4n) is 19.4. The first-order valence-electron chi connectivity index (χ1n) is 49.2. The number of ether oxygens (including phenoxy) is 4. The Morgan fingerprint density at radius 2 is 0.978 bits per heavy atom. The van der Waals surface area contributed by atoms with Gasteiger partial charge < -0.3 is 124 Å². The molecule has 42 heteroatoms. The van der Waals surface area contributed by atoms with Gasteiger partial charge in [-0.3, -0.25) is 81.5 Å². The standard InChI is InChI=1S/C95H160N16O26/c1-16-57(9)81(90(129)105-68(27-29-78(116)117)85(124)106-70(46-55(5)6)88(127)103-61(13)92(131)132)109-76(114)52-101-84(123)72(49-80(120)121)108-91(130)82(58(10)17-2)110-86(125)69(28-30-79(118)119)104-83(122)60(12)102-87(126)71(47-56(7)8)107-89(128)73-22-19-39-111(73)77(115)53-100-75(113)51-99-74(112)50-97-38-41-135-43-45-136-44-42-134-40-37-96-35-36-98-93(133)137-63-31-33-94(14)62(48-63)23-24-64-66-26-25-65(59(11)21-18-20-54(3)4)95(66,15)34-32-67(64)94/h23,54-61,63-73,81-82,96-97H,16-22,24-53H2,1-15H3,(H,98,133)(H,99,112)(H,100,113)(H,101,123)(H,102,126)(H,103,127)(H,104,122)(H,105,129)(H,106,124)(H,107,128)(H,108,130)(H,109,114)(H,110,125)(H,116,117)(H,118,119)(H,120,121)(H,131,132)/t57-,58-,59+,60-,61-,63-,64-,65+,66-,67-,68-,69-,70-,71-,72-,73-,81-,82-,94-,95+/m0/s1. The molecule has 0 aromatic rings. The van der Waals surface area contributed by atoms with E-state index in [0.717, 1.165) is 55.3 Å². The Balaban J connectivity index is 0.973. The lowest BCUT2D eigenvalue weighted by Crippen LogP contribution is -2.60. The van der Waals surface area contributed by atoms with Gasteiger partial charge in [-0.15, -0.1) is 0 Å². The minimum atomic E-state index is -1.95. The number of nitrogens with zero attached hydrogens (tertiary/aromatic N) is 1. The lowest BCUT2D eigenvalue weighted by Gasteiger charge is -2.58. The Bertz CT molecular complexity index is 4060. The van der Waals surface area contributed by atoms with Crippen LogP contribution in [0.2, 0.25) is 0 Å². The van der Waals surface area contributed by atoms with Crippen LogP contribution >= 0.6 is 0 Å². The van der Waals surface area contributed by atoms with Gasteiger partial charge in [-0.25, -0.2) is 4.79 Å². The third-order valence-corrected chi connectivity index (χ3v) is 27.5. The van der Waals surface area contributed by atoms with Crippen LogP contribution in [0.3, 0.4) is 0 Å². The molecule has 4 fully saturated rings.